The number of rotatable bonds is 1. The molecule has 1 aromatic rings. The predicted octanol–water partition coefficient (Wildman–Crippen LogP) is 4.49. The van der Waals surface area contributed by atoms with E-state index in [-0.39, 0.29) is 12.1 Å². The lowest BCUT2D eigenvalue weighted by atomic mass is 9.97. The van der Waals surface area contributed by atoms with Crippen molar-refractivity contribution in [3.05, 3.63) is 28.8 Å². The number of piperidine rings is 1. The van der Waals surface area contributed by atoms with Crippen molar-refractivity contribution in [2.45, 2.75) is 64.6 Å². The van der Waals surface area contributed by atoms with Gasteiger partial charge in [0.1, 0.15) is 5.60 Å². The monoisotopic (exact) mass is 350 g/mol. The van der Waals surface area contributed by atoms with Gasteiger partial charge in [0.05, 0.1) is 0 Å². The highest BCUT2D eigenvalue weighted by Crippen LogP contribution is 2.35. The van der Waals surface area contributed by atoms with E-state index in [2.05, 4.69) is 24.0 Å². The number of halogens is 1. The van der Waals surface area contributed by atoms with Crippen LogP contribution >= 0.6 is 11.6 Å². The molecule has 0 saturated carbocycles. The zero-order chi connectivity index (χ0) is 17.5. The number of hydrogen-bond donors (Lipinski definition) is 0. The minimum absolute atomic E-state index is 0.190. The Morgan fingerprint density at radius 3 is 2.71 bits per heavy atom. The number of anilines is 1. The van der Waals surface area contributed by atoms with Crippen LogP contribution in [-0.2, 0) is 11.2 Å². The van der Waals surface area contributed by atoms with Crippen LogP contribution in [0.25, 0.3) is 0 Å². The third-order valence-electron chi connectivity index (χ3n) is 4.89. The highest BCUT2D eigenvalue weighted by molar-refractivity contribution is 6.30. The first-order valence-corrected chi connectivity index (χ1v) is 9.17. The van der Waals surface area contributed by atoms with Gasteiger partial charge in [0.25, 0.3) is 0 Å². The number of carbonyl (C=O) groups excluding carboxylic acids is 1. The smallest absolute Gasteiger partial charge is 0.410 e. The summed E-state index contributed by atoms with van der Waals surface area (Å²) in [7, 11) is 0. The Bertz CT molecular complexity index is 626. The maximum atomic E-state index is 12.4. The maximum absolute atomic E-state index is 12.4. The third-order valence-corrected chi connectivity index (χ3v) is 5.13. The van der Waals surface area contributed by atoms with Crippen LogP contribution in [0.15, 0.2) is 18.2 Å². The molecule has 2 unspecified atom stereocenters. The molecule has 4 nitrogen and oxygen atoms in total. The fourth-order valence-corrected chi connectivity index (χ4v) is 3.99. The molecule has 2 atom stereocenters. The van der Waals surface area contributed by atoms with E-state index in [1.807, 2.05) is 31.7 Å². The van der Waals surface area contributed by atoms with Crippen LogP contribution in [0.4, 0.5) is 10.5 Å². The highest BCUT2D eigenvalue weighted by Gasteiger charge is 2.35. The molecule has 1 aromatic carbocycles. The number of fused-ring (bicyclic) bond motifs is 1. The molecule has 1 saturated heterocycles. The number of hydrogen-bond acceptors (Lipinski definition) is 3. The molecule has 0 N–H and O–H groups in total. The molecule has 0 spiro atoms. The van der Waals surface area contributed by atoms with Crippen LogP contribution < -0.4 is 4.90 Å². The zero-order valence-electron chi connectivity index (χ0n) is 15.0. The Morgan fingerprint density at radius 2 is 2.04 bits per heavy atom. The molecule has 0 aliphatic carbocycles. The average Bonchev–Trinajstić information content (AvgIpc) is 2.87. The standard InChI is InChI=1S/C19H27ClN2O2/c1-13-11-16(8-10-21(13)18(23)24-19(2,3)4)22-9-7-14-12-15(20)5-6-17(14)22/h5-6,12-13,16H,7-11H2,1-4H3. The van der Waals surface area contributed by atoms with Crippen molar-refractivity contribution in [2.75, 3.05) is 18.0 Å². The lowest BCUT2D eigenvalue weighted by Gasteiger charge is -2.42. The molecule has 2 heterocycles. The summed E-state index contributed by atoms with van der Waals surface area (Å²) in [6.07, 6.45) is 2.81. The van der Waals surface area contributed by atoms with Crippen molar-refractivity contribution < 1.29 is 9.53 Å². The zero-order valence-corrected chi connectivity index (χ0v) is 15.8. The summed E-state index contributed by atoms with van der Waals surface area (Å²) >= 11 is 6.11. The van der Waals surface area contributed by atoms with E-state index in [1.165, 1.54) is 11.3 Å². The molecule has 0 bridgehead atoms. The molecular formula is C19H27ClN2O2. The Hall–Kier alpha value is -1.42. The van der Waals surface area contributed by atoms with E-state index in [1.54, 1.807) is 0 Å². The first-order valence-electron chi connectivity index (χ1n) is 8.79. The van der Waals surface area contributed by atoms with Gasteiger partial charge in [0.15, 0.2) is 0 Å². The molecular weight excluding hydrogens is 324 g/mol. The summed E-state index contributed by atoms with van der Waals surface area (Å²) in [6, 6.07) is 6.85. The van der Waals surface area contributed by atoms with E-state index >= 15 is 0 Å². The number of benzene rings is 1. The van der Waals surface area contributed by atoms with E-state index < -0.39 is 5.60 Å². The second-order valence-electron chi connectivity index (χ2n) is 7.92. The molecule has 0 radical (unpaired) electrons. The van der Waals surface area contributed by atoms with Gasteiger partial charge in [-0.3, -0.25) is 0 Å². The first-order chi connectivity index (χ1) is 11.2. The van der Waals surface area contributed by atoms with Gasteiger partial charge in [0, 0.05) is 35.9 Å². The van der Waals surface area contributed by atoms with E-state index in [9.17, 15) is 4.79 Å². The fourth-order valence-electron chi connectivity index (χ4n) is 3.80. The van der Waals surface area contributed by atoms with Crippen LogP contribution in [0.2, 0.25) is 5.02 Å². The van der Waals surface area contributed by atoms with Gasteiger partial charge in [-0.15, -0.1) is 0 Å². The molecule has 3 rings (SSSR count). The summed E-state index contributed by atoms with van der Waals surface area (Å²) in [5.41, 5.74) is 2.20. The highest BCUT2D eigenvalue weighted by atomic mass is 35.5. The second kappa shape index (κ2) is 6.47. The van der Waals surface area contributed by atoms with Crippen molar-refractivity contribution in [2.24, 2.45) is 0 Å². The van der Waals surface area contributed by atoms with Crippen molar-refractivity contribution in [3.8, 4) is 0 Å². The molecule has 132 valence electrons. The Kier molecular flexibility index (Phi) is 4.69. The second-order valence-corrected chi connectivity index (χ2v) is 8.35. The number of ether oxygens (including phenoxy) is 1. The number of likely N-dealkylation sites (tertiary alicyclic amines) is 1. The minimum Gasteiger partial charge on any atom is -0.444 e. The molecule has 2 aliphatic rings. The normalized spacial score (nSPS) is 24.0. The van der Waals surface area contributed by atoms with Gasteiger partial charge in [-0.2, -0.15) is 0 Å². The van der Waals surface area contributed by atoms with Crippen molar-refractivity contribution in [1.29, 1.82) is 0 Å². The van der Waals surface area contributed by atoms with Gasteiger partial charge < -0.3 is 14.5 Å². The summed E-state index contributed by atoms with van der Waals surface area (Å²) in [5, 5.41) is 0.809. The Morgan fingerprint density at radius 1 is 1.29 bits per heavy atom. The lowest BCUT2D eigenvalue weighted by molar-refractivity contribution is 0.0104. The average molecular weight is 351 g/mol. The van der Waals surface area contributed by atoms with Crippen LogP contribution in [0.5, 0.6) is 0 Å². The topological polar surface area (TPSA) is 32.8 Å². The number of nitrogens with zero attached hydrogens (tertiary/aromatic N) is 2. The van der Waals surface area contributed by atoms with E-state index in [0.29, 0.717) is 6.04 Å². The van der Waals surface area contributed by atoms with E-state index in [0.717, 1.165) is 37.4 Å². The molecule has 1 amide bonds. The van der Waals surface area contributed by atoms with E-state index in [4.69, 9.17) is 16.3 Å². The molecule has 5 heteroatoms. The van der Waals surface area contributed by atoms with Crippen LogP contribution in [-0.4, -0.2) is 41.8 Å². The quantitative estimate of drug-likeness (QED) is 0.748. The summed E-state index contributed by atoms with van der Waals surface area (Å²) in [6.45, 7) is 9.65. The fraction of sp³-hybridized carbons (Fsp3) is 0.632. The third kappa shape index (κ3) is 3.64. The number of carbonyl (C=O) groups is 1. The summed E-state index contributed by atoms with van der Waals surface area (Å²) in [5.74, 6) is 0. The van der Waals surface area contributed by atoms with Crippen molar-refractivity contribution >= 4 is 23.4 Å². The summed E-state index contributed by atoms with van der Waals surface area (Å²) < 4.78 is 5.54. The molecule has 1 fully saturated rings. The Balaban J connectivity index is 1.66. The minimum atomic E-state index is -0.444. The largest absolute Gasteiger partial charge is 0.444 e. The van der Waals surface area contributed by atoms with Gasteiger partial charge in [-0.1, -0.05) is 11.6 Å². The van der Waals surface area contributed by atoms with Crippen LogP contribution in [0.1, 0.15) is 46.1 Å². The van der Waals surface area contributed by atoms with Gasteiger partial charge >= 0.3 is 6.09 Å². The molecule has 0 aromatic heterocycles. The van der Waals surface area contributed by atoms with Crippen LogP contribution in [0.3, 0.4) is 0 Å². The van der Waals surface area contributed by atoms with Crippen LogP contribution in [0, 0.1) is 0 Å². The first kappa shape index (κ1) is 17.4. The number of amides is 1. The van der Waals surface area contributed by atoms with Gasteiger partial charge in [-0.25, -0.2) is 4.79 Å². The van der Waals surface area contributed by atoms with Crippen molar-refractivity contribution in [3.63, 3.8) is 0 Å². The van der Waals surface area contributed by atoms with Gasteiger partial charge in [0.2, 0.25) is 0 Å². The van der Waals surface area contributed by atoms with Crippen molar-refractivity contribution in [1.82, 2.24) is 4.90 Å². The molecule has 24 heavy (non-hydrogen) atoms. The van der Waals surface area contributed by atoms with Gasteiger partial charge in [-0.05, 0) is 70.7 Å². The molecule has 2 aliphatic heterocycles. The Labute approximate surface area is 149 Å². The summed E-state index contributed by atoms with van der Waals surface area (Å²) in [4.78, 5) is 16.7. The predicted molar refractivity (Wildman–Crippen MR) is 97.9 cm³/mol. The SMILES string of the molecule is CC1CC(N2CCc3cc(Cl)ccc32)CCN1C(=O)OC(C)(C)C. The lowest BCUT2D eigenvalue weighted by Crippen LogP contribution is -2.52. The maximum Gasteiger partial charge on any atom is 0.410 e.